The number of alkyl halides is 1. The SMILES string of the molecule is CCc1ccc(-c2nc(-c3cccs3)sc2CCl)cc1. The first-order valence-electron chi connectivity index (χ1n) is 6.50. The van der Waals surface area contributed by atoms with Gasteiger partial charge in [0.05, 0.1) is 16.5 Å². The zero-order valence-corrected chi connectivity index (χ0v) is 13.5. The highest BCUT2D eigenvalue weighted by Crippen LogP contribution is 2.36. The molecule has 0 fully saturated rings. The predicted octanol–water partition coefficient (Wildman–Crippen LogP) is 5.84. The maximum Gasteiger partial charge on any atom is 0.134 e. The van der Waals surface area contributed by atoms with Crippen LogP contribution in [-0.4, -0.2) is 4.98 Å². The van der Waals surface area contributed by atoms with E-state index in [0.29, 0.717) is 5.88 Å². The van der Waals surface area contributed by atoms with E-state index in [-0.39, 0.29) is 0 Å². The molecule has 0 amide bonds. The van der Waals surface area contributed by atoms with E-state index < -0.39 is 0 Å². The van der Waals surface area contributed by atoms with Crippen LogP contribution >= 0.6 is 34.3 Å². The van der Waals surface area contributed by atoms with Crippen molar-refractivity contribution in [2.24, 2.45) is 0 Å². The number of rotatable bonds is 4. The van der Waals surface area contributed by atoms with Crippen LogP contribution in [0.15, 0.2) is 41.8 Å². The highest BCUT2D eigenvalue weighted by Gasteiger charge is 2.14. The Morgan fingerprint density at radius 3 is 2.55 bits per heavy atom. The first kappa shape index (κ1) is 13.8. The molecule has 1 aromatic carbocycles. The third-order valence-corrected chi connectivity index (χ3v) is 5.71. The second kappa shape index (κ2) is 6.08. The van der Waals surface area contributed by atoms with Crippen LogP contribution in [0.4, 0.5) is 0 Å². The maximum absolute atomic E-state index is 6.09. The fraction of sp³-hybridized carbons (Fsp3) is 0.188. The van der Waals surface area contributed by atoms with E-state index in [1.807, 2.05) is 0 Å². The molecular weight excluding hydrogens is 306 g/mol. The minimum Gasteiger partial charge on any atom is -0.235 e. The fourth-order valence-corrected chi connectivity index (χ4v) is 4.09. The summed E-state index contributed by atoms with van der Waals surface area (Å²) in [6.45, 7) is 2.16. The maximum atomic E-state index is 6.09. The molecule has 1 nitrogen and oxygen atoms in total. The van der Waals surface area contributed by atoms with Crippen LogP contribution in [0.25, 0.3) is 21.1 Å². The quantitative estimate of drug-likeness (QED) is 0.550. The van der Waals surface area contributed by atoms with Gasteiger partial charge in [-0.2, -0.15) is 0 Å². The van der Waals surface area contributed by atoms with E-state index in [1.54, 1.807) is 22.7 Å². The lowest BCUT2D eigenvalue weighted by Crippen LogP contribution is -1.85. The van der Waals surface area contributed by atoms with E-state index in [1.165, 1.54) is 10.4 Å². The molecule has 3 aromatic rings. The summed E-state index contributed by atoms with van der Waals surface area (Å²) in [5.41, 5.74) is 3.52. The van der Waals surface area contributed by atoms with Gasteiger partial charge in [0, 0.05) is 10.4 Å². The van der Waals surface area contributed by atoms with E-state index in [9.17, 15) is 0 Å². The first-order valence-corrected chi connectivity index (χ1v) is 8.73. The predicted molar refractivity (Wildman–Crippen MR) is 89.8 cm³/mol. The lowest BCUT2D eigenvalue weighted by molar-refractivity contribution is 1.14. The van der Waals surface area contributed by atoms with Crippen molar-refractivity contribution in [1.29, 1.82) is 0 Å². The molecule has 0 radical (unpaired) electrons. The molecule has 2 heterocycles. The topological polar surface area (TPSA) is 12.9 Å². The molecule has 0 saturated carbocycles. The molecule has 0 spiro atoms. The van der Waals surface area contributed by atoms with Crippen molar-refractivity contribution in [2.45, 2.75) is 19.2 Å². The summed E-state index contributed by atoms with van der Waals surface area (Å²) in [5.74, 6) is 0.508. The highest BCUT2D eigenvalue weighted by atomic mass is 35.5. The van der Waals surface area contributed by atoms with Crippen molar-refractivity contribution in [3.63, 3.8) is 0 Å². The summed E-state index contributed by atoms with van der Waals surface area (Å²) in [6, 6.07) is 12.8. The molecule has 3 rings (SSSR count). The Labute approximate surface area is 131 Å². The van der Waals surface area contributed by atoms with Crippen molar-refractivity contribution in [3.8, 4) is 21.1 Å². The van der Waals surface area contributed by atoms with E-state index >= 15 is 0 Å². The van der Waals surface area contributed by atoms with Crippen LogP contribution in [0.1, 0.15) is 17.4 Å². The van der Waals surface area contributed by atoms with Gasteiger partial charge in [-0.1, -0.05) is 37.3 Å². The molecule has 4 heteroatoms. The van der Waals surface area contributed by atoms with E-state index in [0.717, 1.165) is 27.6 Å². The Morgan fingerprint density at radius 1 is 1.15 bits per heavy atom. The number of aromatic nitrogens is 1. The van der Waals surface area contributed by atoms with Gasteiger partial charge in [0.15, 0.2) is 0 Å². The third kappa shape index (κ3) is 2.66. The molecule has 0 N–H and O–H groups in total. The minimum atomic E-state index is 0.508. The fourth-order valence-electron chi connectivity index (χ4n) is 2.07. The van der Waals surface area contributed by atoms with Crippen molar-refractivity contribution in [1.82, 2.24) is 4.98 Å². The molecular formula is C16H14ClNS2. The van der Waals surface area contributed by atoms with Gasteiger partial charge >= 0.3 is 0 Å². The molecule has 0 aliphatic heterocycles. The smallest absolute Gasteiger partial charge is 0.134 e. The van der Waals surface area contributed by atoms with Gasteiger partial charge in [0.1, 0.15) is 5.01 Å². The average molecular weight is 320 g/mol. The molecule has 0 aliphatic rings. The van der Waals surface area contributed by atoms with Gasteiger partial charge in [0.2, 0.25) is 0 Å². The standard InChI is InChI=1S/C16H14ClNS2/c1-2-11-5-7-12(8-6-11)15-14(10-17)20-16(18-15)13-4-3-9-19-13/h3-9H,2,10H2,1H3. The number of benzene rings is 1. The third-order valence-electron chi connectivity index (χ3n) is 3.19. The first-order chi connectivity index (χ1) is 9.81. The second-order valence-corrected chi connectivity index (χ2v) is 6.75. The molecule has 0 saturated heterocycles. The van der Waals surface area contributed by atoms with Crippen LogP contribution in [0.2, 0.25) is 0 Å². The van der Waals surface area contributed by atoms with Crippen LogP contribution < -0.4 is 0 Å². The van der Waals surface area contributed by atoms with Gasteiger partial charge in [-0.3, -0.25) is 0 Å². The molecule has 0 aliphatic carbocycles. The normalized spacial score (nSPS) is 10.9. The monoisotopic (exact) mass is 319 g/mol. The average Bonchev–Trinajstić information content (AvgIpc) is 3.16. The number of thiophene rings is 1. The molecule has 0 bridgehead atoms. The van der Waals surface area contributed by atoms with Crippen molar-refractivity contribution >= 4 is 34.3 Å². The number of aryl methyl sites for hydroxylation is 1. The number of hydrogen-bond donors (Lipinski definition) is 0. The van der Waals surface area contributed by atoms with Crippen LogP contribution in [0.3, 0.4) is 0 Å². The minimum absolute atomic E-state index is 0.508. The zero-order chi connectivity index (χ0) is 13.9. The number of nitrogens with zero attached hydrogens (tertiary/aromatic N) is 1. The molecule has 0 unspecified atom stereocenters. The summed E-state index contributed by atoms with van der Waals surface area (Å²) in [5, 5.41) is 3.14. The van der Waals surface area contributed by atoms with Crippen molar-refractivity contribution < 1.29 is 0 Å². The van der Waals surface area contributed by atoms with Gasteiger partial charge in [-0.15, -0.1) is 34.3 Å². The number of halogens is 1. The summed E-state index contributed by atoms with van der Waals surface area (Å²) in [4.78, 5) is 7.14. The molecule has 2 aromatic heterocycles. The molecule has 20 heavy (non-hydrogen) atoms. The van der Waals surface area contributed by atoms with Crippen molar-refractivity contribution in [2.75, 3.05) is 0 Å². The van der Waals surface area contributed by atoms with Gasteiger partial charge < -0.3 is 0 Å². The summed E-state index contributed by atoms with van der Waals surface area (Å²) in [7, 11) is 0. The van der Waals surface area contributed by atoms with Crippen molar-refractivity contribution in [3.05, 3.63) is 52.2 Å². The lowest BCUT2D eigenvalue weighted by atomic mass is 10.1. The number of thiazole rings is 1. The second-order valence-electron chi connectivity index (χ2n) is 4.45. The summed E-state index contributed by atoms with van der Waals surface area (Å²) >= 11 is 9.49. The molecule has 0 atom stereocenters. The van der Waals surface area contributed by atoms with E-state index in [4.69, 9.17) is 16.6 Å². The van der Waals surface area contributed by atoms with Gasteiger partial charge in [-0.05, 0) is 23.4 Å². The van der Waals surface area contributed by atoms with Crippen LogP contribution in [-0.2, 0) is 12.3 Å². The van der Waals surface area contributed by atoms with Crippen LogP contribution in [0.5, 0.6) is 0 Å². The Bertz CT molecular complexity index is 684. The van der Waals surface area contributed by atoms with Crippen LogP contribution in [0, 0.1) is 0 Å². The lowest BCUT2D eigenvalue weighted by Gasteiger charge is -2.01. The highest BCUT2D eigenvalue weighted by molar-refractivity contribution is 7.21. The number of hydrogen-bond acceptors (Lipinski definition) is 3. The largest absolute Gasteiger partial charge is 0.235 e. The summed E-state index contributed by atoms with van der Waals surface area (Å²) in [6.07, 6.45) is 1.06. The molecule has 102 valence electrons. The van der Waals surface area contributed by atoms with Gasteiger partial charge in [-0.25, -0.2) is 4.98 Å². The zero-order valence-electron chi connectivity index (χ0n) is 11.1. The Morgan fingerprint density at radius 2 is 1.95 bits per heavy atom. The Balaban J connectivity index is 2.03. The van der Waals surface area contributed by atoms with E-state index in [2.05, 4.69) is 48.7 Å². The Hall–Kier alpha value is -1.16. The van der Waals surface area contributed by atoms with Gasteiger partial charge in [0.25, 0.3) is 0 Å². The summed E-state index contributed by atoms with van der Waals surface area (Å²) < 4.78 is 0. The Kier molecular flexibility index (Phi) is 4.20.